The minimum absolute atomic E-state index is 0.0630. The summed E-state index contributed by atoms with van der Waals surface area (Å²) in [5, 5.41) is 2.89. The third-order valence-corrected chi connectivity index (χ3v) is 4.32. The SMILES string of the molecule is COCCOc1ccc(CNC(=O)[C@@H]2CC(=O)N(C3CC3)C2)cn1. The van der Waals surface area contributed by atoms with Crippen LogP contribution in [0.15, 0.2) is 18.3 Å². The number of methoxy groups -OCH3 is 1. The monoisotopic (exact) mass is 333 g/mol. The number of aromatic nitrogens is 1. The fraction of sp³-hybridized carbons (Fsp3) is 0.588. The molecule has 0 unspecified atom stereocenters. The first kappa shape index (κ1) is 16.7. The number of amides is 2. The molecule has 1 aliphatic carbocycles. The number of hydrogen-bond donors (Lipinski definition) is 1. The van der Waals surface area contributed by atoms with E-state index in [9.17, 15) is 9.59 Å². The first-order valence-corrected chi connectivity index (χ1v) is 8.31. The van der Waals surface area contributed by atoms with Gasteiger partial charge in [0.25, 0.3) is 0 Å². The molecule has 0 radical (unpaired) electrons. The van der Waals surface area contributed by atoms with Crippen molar-refractivity contribution in [1.29, 1.82) is 0 Å². The number of pyridine rings is 1. The fourth-order valence-electron chi connectivity index (χ4n) is 2.81. The van der Waals surface area contributed by atoms with Gasteiger partial charge < -0.3 is 19.7 Å². The Kier molecular flexibility index (Phi) is 5.30. The van der Waals surface area contributed by atoms with Gasteiger partial charge in [0, 0.05) is 44.9 Å². The van der Waals surface area contributed by atoms with Gasteiger partial charge >= 0.3 is 0 Å². The molecule has 2 amide bonds. The molecule has 1 N–H and O–H groups in total. The fourth-order valence-corrected chi connectivity index (χ4v) is 2.81. The maximum Gasteiger partial charge on any atom is 0.225 e. The van der Waals surface area contributed by atoms with Gasteiger partial charge in [-0.05, 0) is 18.4 Å². The van der Waals surface area contributed by atoms with Crippen molar-refractivity contribution in [3.05, 3.63) is 23.9 Å². The molecule has 3 rings (SSSR count). The van der Waals surface area contributed by atoms with Crippen molar-refractivity contribution in [2.45, 2.75) is 31.8 Å². The number of carbonyl (C=O) groups is 2. The molecule has 130 valence electrons. The standard InChI is InChI=1S/C17H23N3O4/c1-23-6-7-24-15-5-2-12(9-18-15)10-19-17(22)13-8-16(21)20(11-13)14-3-4-14/h2,5,9,13-14H,3-4,6-8,10-11H2,1H3,(H,19,22)/t13-/m1/s1. The van der Waals surface area contributed by atoms with E-state index in [0.29, 0.717) is 44.6 Å². The Morgan fingerprint density at radius 2 is 2.21 bits per heavy atom. The molecule has 1 saturated carbocycles. The Balaban J connectivity index is 1.43. The highest BCUT2D eigenvalue weighted by Crippen LogP contribution is 2.32. The van der Waals surface area contributed by atoms with Gasteiger partial charge in [-0.2, -0.15) is 0 Å². The predicted molar refractivity (Wildman–Crippen MR) is 86.3 cm³/mol. The highest BCUT2D eigenvalue weighted by Gasteiger charge is 2.41. The van der Waals surface area contributed by atoms with Crippen LogP contribution in [0.2, 0.25) is 0 Å². The number of nitrogens with zero attached hydrogens (tertiary/aromatic N) is 2. The van der Waals surface area contributed by atoms with Gasteiger partial charge in [-0.25, -0.2) is 4.98 Å². The van der Waals surface area contributed by atoms with Crippen LogP contribution in [0.25, 0.3) is 0 Å². The van der Waals surface area contributed by atoms with Crippen molar-refractivity contribution in [3.8, 4) is 5.88 Å². The molecule has 1 aliphatic heterocycles. The number of rotatable bonds is 8. The van der Waals surface area contributed by atoms with Crippen LogP contribution in [-0.2, 0) is 20.9 Å². The lowest BCUT2D eigenvalue weighted by Crippen LogP contribution is -2.33. The lowest BCUT2D eigenvalue weighted by molar-refractivity contribution is -0.129. The predicted octanol–water partition coefficient (Wildman–Crippen LogP) is 0.734. The first-order valence-electron chi connectivity index (χ1n) is 8.31. The molecule has 1 atom stereocenters. The highest BCUT2D eigenvalue weighted by molar-refractivity contribution is 5.89. The summed E-state index contributed by atoms with van der Waals surface area (Å²) < 4.78 is 10.3. The summed E-state index contributed by atoms with van der Waals surface area (Å²) in [5.41, 5.74) is 0.894. The summed E-state index contributed by atoms with van der Waals surface area (Å²) in [6, 6.07) is 4.02. The van der Waals surface area contributed by atoms with E-state index in [-0.39, 0.29) is 17.7 Å². The maximum absolute atomic E-state index is 12.2. The van der Waals surface area contributed by atoms with E-state index < -0.39 is 0 Å². The molecule has 7 nitrogen and oxygen atoms in total. The number of hydrogen-bond acceptors (Lipinski definition) is 5. The first-order chi connectivity index (χ1) is 11.7. The van der Waals surface area contributed by atoms with Crippen molar-refractivity contribution < 1.29 is 19.1 Å². The third-order valence-electron chi connectivity index (χ3n) is 4.32. The minimum Gasteiger partial charge on any atom is -0.475 e. The van der Waals surface area contributed by atoms with E-state index in [0.717, 1.165) is 18.4 Å². The smallest absolute Gasteiger partial charge is 0.225 e. The molecule has 0 spiro atoms. The average Bonchev–Trinajstić information content (AvgIpc) is 3.36. The van der Waals surface area contributed by atoms with Crippen molar-refractivity contribution in [2.24, 2.45) is 5.92 Å². The van der Waals surface area contributed by atoms with Crippen LogP contribution in [0.4, 0.5) is 0 Å². The second-order valence-electron chi connectivity index (χ2n) is 6.24. The van der Waals surface area contributed by atoms with Gasteiger partial charge in [-0.15, -0.1) is 0 Å². The summed E-state index contributed by atoms with van der Waals surface area (Å²) in [6.07, 6.45) is 4.15. The van der Waals surface area contributed by atoms with Gasteiger partial charge in [0.15, 0.2) is 0 Å². The number of likely N-dealkylation sites (tertiary alicyclic amines) is 1. The van der Waals surface area contributed by atoms with Crippen LogP contribution < -0.4 is 10.1 Å². The molecule has 2 heterocycles. The van der Waals surface area contributed by atoms with Crippen LogP contribution >= 0.6 is 0 Å². The third kappa shape index (κ3) is 4.23. The van der Waals surface area contributed by atoms with E-state index >= 15 is 0 Å². The maximum atomic E-state index is 12.2. The Hall–Kier alpha value is -2.15. The van der Waals surface area contributed by atoms with E-state index in [1.165, 1.54) is 0 Å². The summed E-state index contributed by atoms with van der Waals surface area (Å²) in [4.78, 5) is 30.2. The topological polar surface area (TPSA) is 80.8 Å². The van der Waals surface area contributed by atoms with Crippen molar-refractivity contribution in [3.63, 3.8) is 0 Å². The molecule has 24 heavy (non-hydrogen) atoms. The lowest BCUT2D eigenvalue weighted by atomic mass is 10.1. The molecule has 2 aliphatic rings. The molecule has 1 saturated heterocycles. The molecule has 7 heteroatoms. The largest absolute Gasteiger partial charge is 0.475 e. The molecular formula is C17H23N3O4. The van der Waals surface area contributed by atoms with Crippen molar-refractivity contribution in [2.75, 3.05) is 26.9 Å². The van der Waals surface area contributed by atoms with E-state index in [4.69, 9.17) is 9.47 Å². The Bertz CT molecular complexity index is 586. The molecule has 0 bridgehead atoms. The second kappa shape index (κ2) is 7.61. The zero-order valence-corrected chi connectivity index (χ0v) is 13.9. The van der Waals surface area contributed by atoms with Gasteiger partial charge in [-0.3, -0.25) is 9.59 Å². The van der Waals surface area contributed by atoms with E-state index in [1.807, 2.05) is 11.0 Å². The second-order valence-corrected chi connectivity index (χ2v) is 6.24. The van der Waals surface area contributed by atoms with Crippen LogP contribution in [0.1, 0.15) is 24.8 Å². The normalized spacial score (nSPS) is 20.3. The summed E-state index contributed by atoms with van der Waals surface area (Å²) in [5.74, 6) is 0.343. The Morgan fingerprint density at radius 3 is 2.88 bits per heavy atom. The van der Waals surface area contributed by atoms with Gasteiger partial charge in [0.05, 0.1) is 12.5 Å². The minimum atomic E-state index is -0.234. The van der Waals surface area contributed by atoms with Crippen molar-refractivity contribution >= 4 is 11.8 Å². The number of nitrogens with one attached hydrogen (secondary N) is 1. The average molecular weight is 333 g/mol. The van der Waals surface area contributed by atoms with E-state index in [2.05, 4.69) is 10.3 Å². The van der Waals surface area contributed by atoms with Gasteiger partial charge in [0.2, 0.25) is 17.7 Å². The lowest BCUT2D eigenvalue weighted by Gasteiger charge is -2.15. The van der Waals surface area contributed by atoms with Crippen LogP contribution in [0.3, 0.4) is 0 Å². The van der Waals surface area contributed by atoms with Crippen LogP contribution in [0, 0.1) is 5.92 Å². The highest BCUT2D eigenvalue weighted by atomic mass is 16.5. The van der Waals surface area contributed by atoms with Gasteiger partial charge in [-0.1, -0.05) is 6.07 Å². The zero-order chi connectivity index (χ0) is 16.9. The summed E-state index contributed by atoms with van der Waals surface area (Å²) in [7, 11) is 1.62. The molecule has 2 fully saturated rings. The summed E-state index contributed by atoms with van der Waals surface area (Å²) in [6.45, 7) is 1.92. The van der Waals surface area contributed by atoms with E-state index in [1.54, 1.807) is 19.4 Å². The molecular weight excluding hydrogens is 310 g/mol. The molecule has 0 aromatic carbocycles. The Labute approximate surface area is 141 Å². The van der Waals surface area contributed by atoms with Crippen molar-refractivity contribution in [1.82, 2.24) is 15.2 Å². The summed E-state index contributed by atoms with van der Waals surface area (Å²) >= 11 is 0. The van der Waals surface area contributed by atoms with Gasteiger partial charge in [0.1, 0.15) is 6.61 Å². The molecule has 1 aromatic heterocycles. The quantitative estimate of drug-likeness (QED) is 0.710. The zero-order valence-electron chi connectivity index (χ0n) is 13.9. The van der Waals surface area contributed by atoms with Crippen LogP contribution in [0.5, 0.6) is 5.88 Å². The number of carbonyl (C=O) groups excluding carboxylic acids is 2. The van der Waals surface area contributed by atoms with Crippen LogP contribution in [-0.4, -0.2) is 54.6 Å². The number of ether oxygens (including phenoxy) is 2. The Morgan fingerprint density at radius 1 is 1.38 bits per heavy atom. The molecule has 1 aromatic rings.